The van der Waals surface area contributed by atoms with Crippen molar-refractivity contribution in [2.24, 2.45) is 0 Å². The van der Waals surface area contributed by atoms with E-state index < -0.39 is 38.0 Å². The minimum absolute atomic E-state index is 0.0775. The highest BCUT2D eigenvalue weighted by Crippen LogP contribution is 2.36. The molecule has 2 N–H and O–H groups in total. The van der Waals surface area contributed by atoms with Gasteiger partial charge in [0.15, 0.2) is 0 Å². The summed E-state index contributed by atoms with van der Waals surface area (Å²) >= 11 is 0. The van der Waals surface area contributed by atoms with E-state index in [4.69, 9.17) is 0 Å². The van der Waals surface area contributed by atoms with Crippen molar-refractivity contribution in [3.05, 3.63) is 23.8 Å². The van der Waals surface area contributed by atoms with Gasteiger partial charge in [0, 0.05) is 13.1 Å². The van der Waals surface area contributed by atoms with Crippen molar-refractivity contribution in [2.45, 2.75) is 36.4 Å². The average molecular weight is 339 g/mol. The van der Waals surface area contributed by atoms with Crippen molar-refractivity contribution in [3.8, 4) is 5.75 Å². The molecule has 1 aromatic carbocycles. The number of phenolic OH excluding ortho intramolecular Hbond substituents is 1. The van der Waals surface area contributed by atoms with Crippen molar-refractivity contribution < 1.29 is 31.8 Å². The second-order valence-corrected chi connectivity index (χ2v) is 7.53. The Labute approximate surface area is 126 Å². The van der Waals surface area contributed by atoms with Crippen LogP contribution in [0.2, 0.25) is 0 Å². The van der Waals surface area contributed by atoms with Crippen LogP contribution in [0.5, 0.6) is 5.75 Å². The molecule has 1 aliphatic heterocycles. The second kappa shape index (κ2) is 5.39. The number of aromatic hydroxyl groups is 1. The van der Waals surface area contributed by atoms with Crippen molar-refractivity contribution in [1.29, 1.82) is 0 Å². The number of halogens is 3. The lowest BCUT2D eigenvalue weighted by atomic mass is 9.97. The highest BCUT2D eigenvalue weighted by molar-refractivity contribution is 7.89. The van der Waals surface area contributed by atoms with Crippen molar-refractivity contribution in [1.82, 2.24) is 4.31 Å². The maximum atomic E-state index is 12.7. The molecule has 0 spiro atoms. The van der Waals surface area contributed by atoms with E-state index in [-0.39, 0.29) is 13.1 Å². The lowest BCUT2D eigenvalue weighted by Crippen LogP contribution is -2.48. The first-order valence-corrected chi connectivity index (χ1v) is 8.00. The summed E-state index contributed by atoms with van der Waals surface area (Å²) in [6.07, 6.45) is -3.94. The third kappa shape index (κ3) is 3.36. The maximum Gasteiger partial charge on any atom is 0.416 e. The van der Waals surface area contributed by atoms with E-state index in [2.05, 4.69) is 0 Å². The second-order valence-electron chi connectivity index (χ2n) is 5.62. The van der Waals surface area contributed by atoms with Gasteiger partial charge in [-0.1, -0.05) is 0 Å². The molecule has 1 fully saturated rings. The lowest BCUT2D eigenvalue weighted by molar-refractivity contribution is -0.137. The monoisotopic (exact) mass is 339 g/mol. The zero-order valence-corrected chi connectivity index (χ0v) is 12.6. The normalized spacial score (nSPS) is 24.4. The Morgan fingerprint density at radius 2 is 1.95 bits per heavy atom. The van der Waals surface area contributed by atoms with Gasteiger partial charge in [0.1, 0.15) is 10.6 Å². The number of hydrogen-bond donors (Lipinski definition) is 2. The Morgan fingerprint density at radius 3 is 2.50 bits per heavy atom. The van der Waals surface area contributed by atoms with E-state index in [9.17, 15) is 31.8 Å². The third-order valence-electron chi connectivity index (χ3n) is 3.54. The largest absolute Gasteiger partial charge is 0.507 e. The molecule has 124 valence electrons. The van der Waals surface area contributed by atoms with Crippen LogP contribution in [0.1, 0.15) is 25.3 Å². The number of hydrogen-bond acceptors (Lipinski definition) is 4. The molecule has 0 bridgehead atoms. The number of nitrogens with zero attached hydrogens (tertiary/aromatic N) is 1. The number of phenols is 1. The van der Waals surface area contributed by atoms with Crippen LogP contribution >= 0.6 is 0 Å². The average Bonchev–Trinajstić information content (AvgIpc) is 2.36. The Kier molecular flexibility index (Phi) is 4.18. The fraction of sp³-hybridized carbons (Fsp3) is 0.538. The number of β-amino-alcohol motifs (C(OH)–C–C–N with tert-alkyl or cyclic N) is 1. The lowest BCUT2D eigenvalue weighted by Gasteiger charge is -2.36. The summed E-state index contributed by atoms with van der Waals surface area (Å²) in [6.45, 7) is 1.31. The highest BCUT2D eigenvalue weighted by Gasteiger charge is 2.38. The number of sulfonamides is 1. The molecule has 5 nitrogen and oxygen atoms in total. The van der Waals surface area contributed by atoms with Crippen molar-refractivity contribution in [3.63, 3.8) is 0 Å². The zero-order chi connectivity index (χ0) is 16.8. The molecule has 0 aromatic heterocycles. The van der Waals surface area contributed by atoms with Gasteiger partial charge in [-0.15, -0.1) is 0 Å². The van der Waals surface area contributed by atoms with Gasteiger partial charge in [-0.25, -0.2) is 8.42 Å². The molecule has 0 amide bonds. The molecule has 1 aliphatic rings. The SMILES string of the molecule is CC1(O)CCCN(S(=O)(=O)c2cc(C(F)(F)F)ccc2O)C1. The van der Waals surface area contributed by atoms with Gasteiger partial charge in [-0.2, -0.15) is 17.5 Å². The molecule has 1 atom stereocenters. The molecule has 0 radical (unpaired) electrons. The van der Waals surface area contributed by atoms with Crippen LogP contribution in [0, 0.1) is 0 Å². The van der Waals surface area contributed by atoms with Crippen LogP contribution in [0.3, 0.4) is 0 Å². The third-order valence-corrected chi connectivity index (χ3v) is 5.42. The van der Waals surface area contributed by atoms with E-state index >= 15 is 0 Å². The number of piperidine rings is 1. The summed E-state index contributed by atoms with van der Waals surface area (Å²) in [4.78, 5) is -0.806. The van der Waals surface area contributed by atoms with Gasteiger partial charge in [-0.3, -0.25) is 0 Å². The highest BCUT2D eigenvalue weighted by atomic mass is 32.2. The number of benzene rings is 1. The van der Waals surface area contributed by atoms with Gasteiger partial charge in [-0.05, 0) is 38.0 Å². The fourth-order valence-corrected chi connectivity index (χ4v) is 4.12. The van der Waals surface area contributed by atoms with Crippen LogP contribution in [0.25, 0.3) is 0 Å². The van der Waals surface area contributed by atoms with Crippen molar-refractivity contribution in [2.75, 3.05) is 13.1 Å². The van der Waals surface area contributed by atoms with Gasteiger partial charge in [0.2, 0.25) is 10.0 Å². The fourth-order valence-electron chi connectivity index (χ4n) is 2.42. The predicted octanol–water partition coefficient (Wildman–Crippen LogP) is 1.95. The summed E-state index contributed by atoms with van der Waals surface area (Å²) in [5, 5.41) is 19.6. The topological polar surface area (TPSA) is 77.8 Å². The molecule has 1 heterocycles. The molecule has 1 unspecified atom stereocenters. The number of alkyl halides is 3. The minimum atomic E-state index is -4.72. The molecule has 2 rings (SSSR count). The van der Waals surface area contributed by atoms with Gasteiger partial charge in [0.05, 0.1) is 11.2 Å². The number of rotatable bonds is 2. The maximum absolute atomic E-state index is 12.7. The van der Waals surface area contributed by atoms with Crippen LogP contribution in [-0.2, 0) is 16.2 Å². The molecule has 22 heavy (non-hydrogen) atoms. The Bertz CT molecular complexity index is 670. The molecule has 1 saturated heterocycles. The van der Waals surface area contributed by atoms with Gasteiger partial charge < -0.3 is 10.2 Å². The summed E-state index contributed by atoms with van der Waals surface area (Å²) in [6, 6.07) is 1.73. The quantitative estimate of drug-likeness (QED) is 0.863. The standard InChI is InChI=1S/C13H16F3NO4S/c1-12(19)5-2-6-17(8-12)22(20,21)11-7-9(13(14,15)16)3-4-10(11)18/h3-4,7,18-19H,2,5-6,8H2,1H3. The summed E-state index contributed by atoms with van der Waals surface area (Å²) in [5.74, 6) is -0.752. The Morgan fingerprint density at radius 1 is 1.32 bits per heavy atom. The molecule has 1 aromatic rings. The first kappa shape index (κ1) is 17.0. The van der Waals surface area contributed by atoms with Crippen LogP contribution in [0.4, 0.5) is 13.2 Å². The first-order valence-electron chi connectivity index (χ1n) is 6.56. The van der Waals surface area contributed by atoms with Crippen molar-refractivity contribution >= 4 is 10.0 Å². The molecular formula is C13H16F3NO4S. The molecule has 0 aliphatic carbocycles. The minimum Gasteiger partial charge on any atom is -0.507 e. The summed E-state index contributed by atoms with van der Waals surface area (Å²) < 4.78 is 64.0. The van der Waals surface area contributed by atoms with E-state index in [1.54, 1.807) is 0 Å². The Balaban J connectivity index is 2.45. The zero-order valence-electron chi connectivity index (χ0n) is 11.8. The van der Waals surface area contributed by atoms with Crippen LogP contribution in [-0.4, -0.2) is 41.6 Å². The van der Waals surface area contributed by atoms with Gasteiger partial charge in [0.25, 0.3) is 0 Å². The number of aliphatic hydroxyl groups is 1. The first-order chi connectivity index (χ1) is 9.93. The molecule has 0 saturated carbocycles. The predicted molar refractivity (Wildman–Crippen MR) is 71.7 cm³/mol. The van der Waals surface area contributed by atoms with E-state index in [1.165, 1.54) is 6.92 Å². The van der Waals surface area contributed by atoms with Crippen LogP contribution < -0.4 is 0 Å². The smallest absolute Gasteiger partial charge is 0.416 e. The molecule has 9 heteroatoms. The molecular weight excluding hydrogens is 323 g/mol. The van der Waals surface area contributed by atoms with E-state index in [0.29, 0.717) is 31.0 Å². The van der Waals surface area contributed by atoms with E-state index in [0.717, 1.165) is 4.31 Å². The summed E-state index contributed by atoms with van der Waals surface area (Å²) in [7, 11) is -4.32. The van der Waals surface area contributed by atoms with E-state index in [1.807, 2.05) is 0 Å². The van der Waals surface area contributed by atoms with Crippen LogP contribution in [0.15, 0.2) is 23.1 Å². The Hall–Kier alpha value is -1.32. The summed E-state index contributed by atoms with van der Waals surface area (Å²) in [5.41, 5.74) is -2.41. The van der Waals surface area contributed by atoms with Gasteiger partial charge >= 0.3 is 6.18 Å².